The number of nitrogens with zero attached hydrogens (tertiary/aromatic N) is 3. The van der Waals surface area contributed by atoms with Crippen LogP contribution in [-0.2, 0) is 17.8 Å². The highest BCUT2D eigenvalue weighted by Gasteiger charge is 2.20. The molecule has 2 rings (SSSR count). The molecular formula is C12H20N4OS. The van der Waals surface area contributed by atoms with E-state index < -0.39 is 0 Å². The Morgan fingerprint density at radius 1 is 1.44 bits per heavy atom. The zero-order chi connectivity index (χ0) is 13.0. The molecule has 0 aliphatic carbocycles. The number of fused-ring (bicyclic) bond motifs is 1. The van der Waals surface area contributed by atoms with E-state index in [1.54, 1.807) is 0 Å². The highest BCUT2D eigenvalue weighted by Crippen LogP contribution is 2.25. The lowest BCUT2D eigenvalue weighted by atomic mass is 10.2. The number of carbonyl (C=O) groups is 1. The summed E-state index contributed by atoms with van der Waals surface area (Å²) in [5.74, 6) is 1.13. The summed E-state index contributed by atoms with van der Waals surface area (Å²) in [6, 6.07) is 0. The molecule has 18 heavy (non-hydrogen) atoms. The number of carbonyl (C=O) groups excluding carboxylic acids is 1. The van der Waals surface area contributed by atoms with Gasteiger partial charge in [-0.25, -0.2) is 0 Å². The molecule has 2 heterocycles. The van der Waals surface area contributed by atoms with Gasteiger partial charge < -0.3 is 9.88 Å². The zero-order valence-corrected chi connectivity index (χ0v) is 11.8. The van der Waals surface area contributed by atoms with E-state index in [-0.39, 0.29) is 11.2 Å². The van der Waals surface area contributed by atoms with Gasteiger partial charge in [0.05, 0.1) is 5.25 Å². The van der Waals surface area contributed by atoms with E-state index >= 15 is 0 Å². The molecule has 0 unspecified atom stereocenters. The molecule has 1 aromatic rings. The summed E-state index contributed by atoms with van der Waals surface area (Å²) in [6.07, 6.45) is 4.62. The molecule has 1 aliphatic heterocycles. The summed E-state index contributed by atoms with van der Waals surface area (Å²) in [7, 11) is 0. The molecule has 0 radical (unpaired) electrons. The minimum atomic E-state index is -0.124. The van der Waals surface area contributed by atoms with Crippen LogP contribution in [0.1, 0.15) is 38.9 Å². The summed E-state index contributed by atoms with van der Waals surface area (Å²) >= 11 is 1.50. The maximum Gasteiger partial charge on any atom is 0.233 e. The molecule has 0 saturated carbocycles. The second-order valence-corrected chi connectivity index (χ2v) is 5.82. The fourth-order valence-electron chi connectivity index (χ4n) is 2.08. The van der Waals surface area contributed by atoms with Crippen LogP contribution in [0.3, 0.4) is 0 Å². The second kappa shape index (κ2) is 6.22. The predicted octanol–water partition coefficient (Wildman–Crippen LogP) is 1.62. The van der Waals surface area contributed by atoms with Crippen LogP contribution in [0.5, 0.6) is 0 Å². The summed E-state index contributed by atoms with van der Waals surface area (Å²) in [6.45, 7) is 5.49. The van der Waals surface area contributed by atoms with Crippen molar-refractivity contribution in [3.8, 4) is 0 Å². The molecule has 0 bridgehead atoms. The minimum Gasteiger partial charge on any atom is -0.355 e. The van der Waals surface area contributed by atoms with Gasteiger partial charge in [0.15, 0.2) is 5.16 Å². The van der Waals surface area contributed by atoms with Crippen molar-refractivity contribution >= 4 is 17.7 Å². The van der Waals surface area contributed by atoms with Crippen molar-refractivity contribution in [2.24, 2.45) is 0 Å². The Morgan fingerprint density at radius 3 is 3.06 bits per heavy atom. The van der Waals surface area contributed by atoms with Crippen molar-refractivity contribution in [1.29, 1.82) is 0 Å². The zero-order valence-electron chi connectivity index (χ0n) is 11.0. The SMILES string of the molecule is CCNC(=O)[C@@H](C)Sc1nnc2n1CCCCC2. The Morgan fingerprint density at radius 2 is 2.28 bits per heavy atom. The van der Waals surface area contributed by atoms with Gasteiger partial charge in [0, 0.05) is 19.5 Å². The smallest absolute Gasteiger partial charge is 0.233 e. The number of rotatable bonds is 4. The lowest BCUT2D eigenvalue weighted by Crippen LogP contribution is -2.30. The van der Waals surface area contributed by atoms with Crippen LogP contribution in [0.4, 0.5) is 0 Å². The molecule has 0 fully saturated rings. The molecule has 0 aromatic carbocycles. The molecule has 6 heteroatoms. The Labute approximate surface area is 112 Å². The molecule has 0 spiro atoms. The fraction of sp³-hybridized carbons (Fsp3) is 0.750. The van der Waals surface area contributed by atoms with E-state index in [9.17, 15) is 4.79 Å². The van der Waals surface area contributed by atoms with Gasteiger partial charge in [-0.1, -0.05) is 18.2 Å². The van der Waals surface area contributed by atoms with Crippen molar-refractivity contribution < 1.29 is 4.79 Å². The van der Waals surface area contributed by atoms with Gasteiger partial charge in [0.25, 0.3) is 0 Å². The van der Waals surface area contributed by atoms with Crippen LogP contribution in [-0.4, -0.2) is 32.5 Å². The van der Waals surface area contributed by atoms with E-state index in [2.05, 4.69) is 20.1 Å². The third-order valence-corrected chi connectivity index (χ3v) is 4.16. The summed E-state index contributed by atoms with van der Waals surface area (Å²) in [4.78, 5) is 11.7. The second-order valence-electron chi connectivity index (χ2n) is 4.52. The molecule has 1 atom stereocenters. The highest BCUT2D eigenvalue weighted by molar-refractivity contribution is 8.00. The number of aromatic nitrogens is 3. The van der Waals surface area contributed by atoms with Crippen LogP contribution in [0.2, 0.25) is 0 Å². The Balaban J connectivity index is 2.05. The minimum absolute atomic E-state index is 0.0634. The first-order valence-electron chi connectivity index (χ1n) is 6.58. The van der Waals surface area contributed by atoms with Crippen molar-refractivity contribution in [2.75, 3.05) is 6.54 Å². The molecule has 5 nitrogen and oxygen atoms in total. The van der Waals surface area contributed by atoms with Gasteiger partial charge in [0.1, 0.15) is 5.82 Å². The first-order chi connectivity index (χ1) is 8.72. The van der Waals surface area contributed by atoms with Crippen molar-refractivity contribution in [2.45, 2.75) is 56.5 Å². The highest BCUT2D eigenvalue weighted by atomic mass is 32.2. The number of aryl methyl sites for hydroxylation is 1. The van der Waals surface area contributed by atoms with E-state index in [0.717, 1.165) is 23.9 Å². The Hall–Kier alpha value is -1.04. The molecule has 1 amide bonds. The summed E-state index contributed by atoms with van der Waals surface area (Å²) in [5, 5.41) is 12.0. The third-order valence-electron chi connectivity index (χ3n) is 3.08. The van der Waals surface area contributed by atoms with Crippen molar-refractivity contribution in [3.63, 3.8) is 0 Å². The Kier molecular flexibility index (Phi) is 4.63. The van der Waals surface area contributed by atoms with Gasteiger partial charge in [-0.15, -0.1) is 10.2 Å². The molecule has 1 N–H and O–H groups in total. The Bertz CT molecular complexity index is 418. The molecular weight excluding hydrogens is 248 g/mol. The molecule has 0 saturated heterocycles. The molecule has 1 aromatic heterocycles. The first-order valence-corrected chi connectivity index (χ1v) is 7.46. The lowest BCUT2D eigenvalue weighted by Gasteiger charge is -2.11. The molecule has 100 valence electrons. The van der Waals surface area contributed by atoms with Crippen LogP contribution in [0, 0.1) is 0 Å². The maximum absolute atomic E-state index is 11.7. The van der Waals surface area contributed by atoms with Gasteiger partial charge in [-0.3, -0.25) is 4.79 Å². The largest absolute Gasteiger partial charge is 0.355 e. The van der Waals surface area contributed by atoms with E-state index in [0.29, 0.717) is 6.54 Å². The molecule has 1 aliphatic rings. The van der Waals surface area contributed by atoms with Gasteiger partial charge in [-0.2, -0.15) is 0 Å². The van der Waals surface area contributed by atoms with Crippen LogP contribution in [0.15, 0.2) is 5.16 Å². The normalized spacial score (nSPS) is 16.8. The summed E-state index contributed by atoms with van der Waals surface area (Å²) < 4.78 is 2.17. The maximum atomic E-state index is 11.7. The topological polar surface area (TPSA) is 59.8 Å². The van der Waals surface area contributed by atoms with Gasteiger partial charge in [0.2, 0.25) is 5.91 Å². The van der Waals surface area contributed by atoms with Crippen LogP contribution < -0.4 is 5.32 Å². The van der Waals surface area contributed by atoms with Gasteiger partial charge >= 0.3 is 0 Å². The lowest BCUT2D eigenvalue weighted by molar-refractivity contribution is -0.120. The fourth-order valence-corrected chi connectivity index (χ4v) is 2.99. The number of thioether (sulfide) groups is 1. The van der Waals surface area contributed by atoms with E-state index in [4.69, 9.17) is 0 Å². The summed E-state index contributed by atoms with van der Waals surface area (Å²) in [5.41, 5.74) is 0. The average molecular weight is 268 g/mol. The van der Waals surface area contributed by atoms with E-state index in [1.807, 2.05) is 13.8 Å². The predicted molar refractivity (Wildman–Crippen MR) is 71.6 cm³/mol. The van der Waals surface area contributed by atoms with Crippen molar-refractivity contribution in [1.82, 2.24) is 20.1 Å². The number of hydrogen-bond acceptors (Lipinski definition) is 4. The standard InChI is InChI=1S/C12H20N4OS/c1-3-13-11(17)9(2)18-12-15-14-10-7-5-4-6-8-16(10)12/h9H,3-8H2,1-2H3,(H,13,17)/t9-/m1/s1. The average Bonchev–Trinajstić information content (AvgIpc) is 2.60. The van der Waals surface area contributed by atoms with Crippen LogP contribution in [0.25, 0.3) is 0 Å². The quantitative estimate of drug-likeness (QED) is 0.843. The number of hydrogen-bond donors (Lipinski definition) is 1. The van der Waals surface area contributed by atoms with Gasteiger partial charge in [-0.05, 0) is 26.7 Å². The third kappa shape index (κ3) is 3.04. The van der Waals surface area contributed by atoms with Crippen LogP contribution >= 0.6 is 11.8 Å². The van der Waals surface area contributed by atoms with E-state index in [1.165, 1.54) is 31.0 Å². The first kappa shape index (κ1) is 13.4. The number of amides is 1. The monoisotopic (exact) mass is 268 g/mol. The van der Waals surface area contributed by atoms with Crippen molar-refractivity contribution in [3.05, 3.63) is 5.82 Å². The number of nitrogens with one attached hydrogen (secondary N) is 1.